The number of hydrogen-bond donors (Lipinski definition) is 0. The normalized spacial score (nSPS) is 15.6. The Morgan fingerprint density at radius 1 is 0.741 bits per heavy atom. The molecule has 0 aromatic heterocycles. The van der Waals surface area contributed by atoms with Crippen LogP contribution >= 0.6 is 0 Å². The molecule has 0 fully saturated rings. The van der Waals surface area contributed by atoms with Crippen LogP contribution in [-0.2, 0) is 4.79 Å². The van der Waals surface area contributed by atoms with Crippen molar-refractivity contribution in [3.05, 3.63) is 113 Å². The molecule has 3 aromatic rings. The van der Waals surface area contributed by atoms with E-state index in [9.17, 15) is 4.79 Å². The largest absolute Gasteiger partial charge is 0.298 e. The lowest BCUT2D eigenvalue weighted by Crippen LogP contribution is -2.27. The zero-order valence-corrected chi connectivity index (χ0v) is 14.6. The third-order valence-electron chi connectivity index (χ3n) is 4.10. The SMILES string of the molecule is O=C1/C(=C/c2ccccc2)N=C(c2ccccc2)N1/N=C\c1ccccc1. The van der Waals surface area contributed by atoms with E-state index in [2.05, 4.69) is 10.1 Å². The molecule has 4 nitrogen and oxygen atoms in total. The minimum Gasteiger partial charge on any atom is -0.265 e. The van der Waals surface area contributed by atoms with Crippen molar-refractivity contribution >= 4 is 24.0 Å². The summed E-state index contributed by atoms with van der Waals surface area (Å²) < 4.78 is 0. The number of amides is 1. The molecule has 0 aliphatic carbocycles. The standard InChI is InChI=1S/C23H17N3O/c27-23-21(16-18-10-4-1-5-11-18)25-22(20-14-8-3-9-15-20)26(23)24-17-19-12-6-2-7-13-19/h1-17H/b21-16-,24-17-. The lowest BCUT2D eigenvalue weighted by Gasteiger charge is -2.11. The summed E-state index contributed by atoms with van der Waals surface area (Å²) in [5, 5.41) is 5.77. The van der Waals surface area contributed by atoms with Gasteiger partial charge in [0, 0.05) is 5.56 Å². The second kappa shape index (κ2) is 7.62. The summed E-state index contributed by atoms with van der Waals surface area (Å²) in [6.07, 6.45) is 3.45. The molecule has 4 heteroatoms. The molecule has 1 aliphatic rings. The molecular weight excluding hydrogens is 334 g/mol. The summed E-state index contributed by atoms with van der Waals surface area (Å²) in [5.41, 5.74) is 3.04. The molecule has 3 aromatic carbocycles. The zero-order valence-electron chi connectivity index (χ0n) is 14.6. The topological polar surface area (TPSA) is 45.0 Å². The van der Waals surface area contributed by atoms with E-state index in [1.165, 1.54) is 5.01 Å². The van der Waals surface area contributed by atoms with Gasteiger partial charge >= 0.3 is 0 Å². The number of carbonyl (C=O) groups excluding carboxylic acids is 1. The highest BCUT2D eigenvalue weighted by Gasteiger charge is 2.31. The maximum atomic E-state index is 12.9. The fourth-order valence-electron chi connectivity index (χ4n) is 2.76. The van der Waals surface area contributed by atoms with E-state index in [1.807, 2.05) is 91.0 Å². The summed E-state index contributed by atoms with van der Waals surface area (Å²) >= 11 is 0. The van der Waals surface area contributed by atoms with Crippen LogP contribution in [0, 0.1) is 0 Å². The van der Waals surface area contributed by atoms with E-state index in [1.54, 1.807) is 12.3 Å². The molecule has 130 valence electrons. The molecule has 1 aliphatic heterocycles. The van der Waals surface area contributed by atoms with Crippen LogP contribution in [-0.4, -0.2) is 23.0 Å². The Hall–Kier alpha value is -3.79. The minimum absolute atomic E-state index is 0.245. The number of hydrazone groups is 1. The van der Waals surface area contributed by atoms with Gasteiger partial charge in [-0.3, -0.25) is 4.79 Å². The maximum Gasteiger partial charge on any atom is 0.298 e. The van der Waals surface area contributed by atoms with E-state index in [-0.39, 0.29) is 5.91 Å². The summed E-state index contributed by atoms with van der Waals surface area (Å²) in [4.78, 5) is 17.5. The third kappa shape index (κ3) is 3.75. The molecule has 0 saturated carbocycles. The van der Waals surface area contributed by atoms with E-state index in [0.29, 0.717) is 11.5 Å². The Labute approximate surface area is 157 Å². The number of carbonyl (C=O) groups is 1. The number of benzene rings is 3. The van der Waals surface area contributed by atoms with Crippen molar-refractivity contribution < 1.29 is 4.79 Å². The van der Waals surface area contributed by atoms with Crippen molar-refractivity contribution in [3.8, 4) is 0 Å². The van der Waals surface area contributed by atoms with Crippen molar-refractivity contribution in [2.24, 2.45) is 10.1 Å². The fraction of sp³-hybridized carbons (Fsp3) is 0. The number of rotatable bonds is 4. The van der Waals surface area contributed by atoms with Gasteiger partial charge in [-0.15, -0.1) is 0 Å². The molecule has 0 N–H and O–H groups in total. The molecule has 0 radical (unpaired) electrons. The van der Waals surface area contributed by atoms with Crippen molar-refractivity contribution in [2.75, 3.05) is 0 Å². The first-order valence-corrected chi connectivity index (χ1v) is 8.65. The van der Waals surface area contributed by atoms with Gasteiger partial charge < -0.3 is 0 Å². The maximum absolute atomic E-state index is 12.9. The van der Waals surface area contributed by atoms with Crippen LogP contribution in [0.2, 0.25) is 0 Å². The highest BCUT2D eigenvalue weighted by molar-refractivity contribution is 6.19. The van der Waals surface area contributed by atoms with Crippen LogP contribution in [0.1, 0.15) is 16.7 Å². The Morgan fingerprint density at radius 2 is 1.30 bits per heavy atom. The second-order valence-electron chi connectivity index (χ2n) is 6.01. The Balaban J connectivity index is 1.73. The molecule has 1 amide bonds. The molecule has 0 spiro atoms. The molecule has 1 heterocycles. The summed E-state index contributed by atoms with van der Waals surface area (Å²) in [5.74, 6) is 0.278. The van der Waals surface area contributed by atoms with Crippen LogP contribution in [0.3, 0.4) is 0 Å². The van der Waals surface area contributed by atoms with Gasteiger partial charge in [0.05, 0.1) is 6.21 Å². The number of hydrogen-bond acceptors (Lipinski definition) is 3. The summed E-state index contributed by atoms with van der Waals surface area (Å²) in [6, 6.07) is 28.9. The highest BCUT2D eigenvalue weighted by atomic mass is 16.2. The van der Waals surface area contributed by atoms with Crippen LogP contribution in [0.15, 0.2) is 107 Å². The Morgan fingerprint density at radius 3 is 1.93 bits per heavy atom. The van der Waals surface area contributed by atoms with Gasteiger partial charge in [0.15, 0.2) is 5.84 Å². The number of amidine groups is 1. The van der Waals surface area contributed by atoms with Crippen LogP contribution in [0.4, 0.5) is 0 Å². The van der Waals surface area contributed by atoms with Gasteiger partial charge in [0.25, 0.3) is 5.91 Å². The predicted octanol–water partition coefficient (Wildman–Crippen LogP) is 4.35. The average Bonchev–Trinajstić information content (AvgIpc) is 3.04. The molecular formula is C23H17N3O. The second-order valence-corrected chi connectivity index (χ2v) is 6.01. The molecule has 27 heavy (non-hydrogen) atoms. The lowest BCUT2D eigenvalue weighted by molar-refractivity contribution is -0.122. The molecule has 4 rings (SSSR count). The van der Waals surface area contributed by atoms with E-state index >= 15 is 0 Å². The van der Waals surface area contributed by atoms with Crippen molar-refractivity contribution in [3.63, 3.8) is 0 Å². The van der Waals surface area contributed by atoms with Gasteiger partial charge in [-0.05, 0) is 17.2 Å². The molecule has 0 unspecified atom stereocenters. The highest BCUT2D eigenvalue weighted by Crippen LogP contribution is 2.22. The molecule has 0 bridgehead atoms. The van der Waals surface area contributed by atoms with Gasteiger partial charge in [-0.2, -0.15) is 10.1 Å². The van der Waals surface area contributed by atoms with Gasteiger partial charge in [-0.25, -0.2) is 4.99 Å². The average molecular weight is 351 g/mol. The Kier molecular flexibility index (Phi) is 4.70. The van der Waals surface area contributed by atoms with Crippen LogP contribution in [0.5, 0.6) is 0 Å². The number of aliphatic imine (C=N–C) groups is 1. The van der Waals surface area contributed by atoms with E-state index < -0.39 is 0 Å². The van der Waals surface area contributed by atoms with Gasteiger partial charge in [-0.1, -0.05) is 91.0 Å². The molecule has 0 atom stereocenters. The quantitative estimate of drug-likeness (QED) is 0.509. The Bertz CT molecular complexity index is 1020. The van der Waals surface area contributed by atoms with E-state index in [4.69, 9.17) is 0 Å². The van der Waals surface area contributed by atoms with Crippen molar-refractivity contribution in [2.45, 2.75) is 0 Å². The monoisotopic (exact) mass is 351 g/mol. The van der Waals surface area contributed by atoms with E-state index in [0.717, 1.165) is 16.7 Å². The molecule has 0 saturated heterocycles. The van der Waals surface area contributed by atoms with Crippen molar-refractivity contribution in [1.82, 2.24) is 5.01 Å². The zero-order chi connectivity index (χ0) is 18.5. The van der Waals surface area contributed by atoms with Crippen LogP contribution in [0.25, 0.3) is 6.08 Å². The summed E-state index contributed by atoms with van der Waals surface area (Å²) in [6.45, 7) is 0. The predicted molar refractivity (Wildman–Crippen MR) is 108 cm³/mol. The first kappa shape index (κ1) is 16.7. The number of nitrogens with zero attached hydrogens (tertiary/aromatic N) is 3. The summed E-state index contributed by atoms with van der Waals surface area (Å²) in [7, 11) is 0. The first-order valence-electron chi connectivity index (χ1n) is 8.65. The smallest absolute Gasteiger partial charge is 0.265 e. The van der Waals surface area contributed by atoms with Crippen LogP contribution < -0.4 is 0 Å². The first-order chi connectivity index (χ1) is 13.3. The lowest BCUT2D eigenvalue weighted by atomic mass is 10.2. The van der Waals surface area contributed by atoms with Gasteiger partial charge in [0.2, 0.25) is 0 Å². The minimum atomic E-state index is -0.245. The van der Waals surface area contributed by atoms with Gasteiger partial charge in [0.1, 0.15) is 5.70 Å². The third-order valence-corrected chi connectivity index (χ3v) is 4.10. The fourth-order valence-corrected chi connectivity index (χ4v) is 2.76. The van der Waals surface area contributed by atoms with Crippen molar-refractivity contribution in [1.29, 1.82) is 0 Å².